The van der Waals surface area contributed by atoms with Crippen molar-refractivity contribution < 1.29 is 0 Å². The lowest BCUT2D eigenvalue weighted by Crippen LogP contribution is -2.22. The van der Waals surface area contributed by atoms with Gasteiger partial charge in [0.1, 0.15) is 16.2 Å². The first-order valence-electron chi connectivity index (χ1n) is 6.13. The highest BCUT2D eigenvalue weighted by atomic mass is 79.9. The smallest absolute Gasteiger partial charge is 0.137 e. The molecular formula is C14H18BrN3S. The molecule has 19 heavy (non-hydrogen) atoms. The third kappa shape index (κ3) is 3.76. The van der Waals surface area contributed by atoms with Gasteiger partial charge in [-0.15, -0.1) is 0 Å². The van der Waals surface area contributed by atoms with E-state index in [0.717, 1.165) is 22.8 Å². The van der Waals surface area contributed by atoms with Crippen molar-refractivity contribution in [3.8, 4) is 0 Å². The number of nitrogens with zero attached hydrogens (tertiary/aromatic N) is 3. The fourth-order valence-electron chi connectivity index (χ4n) is 1.67. The number of anilines is 1. The molecular weight excluding hydrogens is 322 g/mol. The average Bonchev–Trinajstić information content (AvgIpc) is 2.79. The summed E-state index contributed by atoms with van der Waals surface area (Å²) in [6.45, 7) is 7.23. The van der Waals surface area contributed by atoms with E-state index in [2.05, 4.69) is 75.4 Å². The first-order valence-corrected chi connectivity index (χ1v) is 7.87. The number of hydrogen-bond donors (Lipinski definition) is 0. The van der Waals surface area contributed by atoms with Gasteiger partial charge in [0.15, 0.2) is 0 Å². The van der Waals surface area contributed by atoms with Crippen molar-refractivity contribution >= 4 is 33.1 Å². The Morgan fingerprint density at radius 1 is 1.32 bits per heavy atom. The predicted molar refractivity (Wildman–Crippen MR) is 84.9 cm³/mol. The molecule has 5 heteroatoms. The highest BCUT2D eigenvalue weighted by Gasteiger charge is 2.19. The molecule has 2 aromatic rings. The van der Waals surface area contributed by atoms with E-state index in [0.29, 0.717) is 0 Å². The molecule has 0 atom stereocenters. The summed E-state index contributed by atoms with van der Waals surface area (Å²) >= 11 is 5.19. The van der Waals surface area contributed by atoms with E-state index in [4.69, 9.17) is 0 Å². The molecule has 0 N–H and O–H groups in total. The Morgan fingerprint density at radius 2 is 2.05 bits per heavy atom. The Kier molecular flexibility index (Phi) is 4.26. The van der Waals surface area contributed by atoms with E-state index in [1.807, 2.05) is 6.07 Å². The van der Waals surface area contributed by atoms with Crippen LogP contribution in [0.3, 0.4) is 0 Å². The SMILES string of the molecule is CN(Cc1ccsc1)c1cc(Br)nc(C(C)(C)C)n1. The standard InChI is InChI=1S/C14H18BrN3S/c1-14(2,3)13-16-11(15)7-12(17-13)18(4)8-10-5-6-19-9-10/h5-7,9H,8H2,1-4H3. The van der Waals surface area contributed by atoms with Gasteiger partial charge in [-0.1, -0.05) is 20.8 Å². The van der Waals surface area contributed by atoms with Crippen molar-refractivity contribution in [2.75, 3.05) is 11.9 Å². The fourth-order valence-corrected chi connectivity index (χ4v) is 2.71. The second kappa shape index (κ2) is 5.59. The summed E-state index contributed by atoms with van der Waals surface area (Å²) < 4.78 is 0.833. The van der Waals surface area contributed by atoms with Crippen molar-refractivity contribution in [2.24, 2.45) is 0 Å². The topological polar surface area (TPSA) is 29.0 Å². The third-order valence-corrected chi connectivity index (χ3v) is 3.88. The van der Waals surface area contributed by atoms with Crippen LogP contribution in [0.1, 0.15) is 32.2 Å². The van der Waals surface area contributed by atoms with Crippen molar-refractivity contribution in [1.82, 2.24) is 9.97 Å². The number of halogens is 1. The zero-order valence-electron chi connectivity index (χ0n) is 11.6. The predicted octanol–water partition coefficient (Wildman–Crippen LogP) is 4.23. The van der Waals surface area contributed by atoms with Gasteiger partial charge in [0.2, 0.25) is 0 Å². The minimum absolute atomic E-state index is 0.0538. The molecule has 0 saturated carbocycles. The van der Waals surface area contributed by atoms with Gasteiger partial charge in [-0.3, -0.25) is 0 Å². The summed E-state index contributed by atoms with van der Waals surface area (Å²) in [5.74, 6) is 1.80. The second-order valence-electron chi connectivity index (χ2n) is 5.61. The first-order chi connectivity index (χ1) is 8.86. The quantitative estimate of drug-likeness (QED) is 0.783. The largest absolute Gasteiger partial charge is 0.355 e. The maximum atomic E-state index is 4.67. The summed E-state index contributed by atoms with van der Waals surface area (Å²) in [4.78, 5) is 11.3. The first kappa shape index (κ1) is 14.5. The lowest BCUT2D eigenvalue weighted by Gasteiger charge is -2.22. The van der Waals surface area contributed by atoms with Gasteiger partial charge in [0, 0.05) is 25.1 Å². The van der Waals surface area contributed by atoms with E-state index in [1.165, 1.54) is 5.56 Å². The monoisotopic (exact) mass is 339 g/mol. The molecule has 0 spiro atoms. The average molecular weight is 340 g/mol. The molecule has 2 heterocycles. The molecule has 2 aromatic heterocycles. The van der Waals surface area contributed by atoms with Gasteiger partial charge in [0.05, 0.1) is 0 Å². The normalized spacial score (nSPS) is 11.6. The number of hydrogen-bond acceptors (Lipinski definition) is 4. The van der Waals surface area contributed by atoms with Crippen LogP contribution < -0.4 is 4.90 Å². The van der Waals surface area contributed by atoms with Crippen molar-refractivity contribution in [2.45, 2.75) is 32.7 Å². The minimum atomic E-state index is -0.0538. The number of aromatic nitrogens is 2. The van der Waals surface area contributed by atoms with E-state index in [1.54, 1.807) is 11.3 Å². The summed E-state index contributed by atoms with van der Waals surface area (Å²) in [7, 11) is 2.05. The molecule has 0 amide bonds. The van der Waals surface area contributed by atoms with Crippen LogP contribution in [-0.2, 0) is 12.0 Å². The van der Waals surface area contributed by atoms with Gasteiger partial charge in [-0.25, -0.2) is 9.97 Å². The van der Waals surface area contributed by atoms with Crippen LogP contribution in [0.15, 0.2) is 27.5 Å². The third-order valence-electron chi connectivity index (χ3n) is 2.74. The Bertz CT molecular complexity index is 546. The minimum Gasteiger partial charge on any atom is -0.355 e. The maximum absolute atomic E-state index is 4.67. The molecule has 3 nitrogen and oxygen atoms in total. The Morgan fingerprint density at radius 3 is 2.63 bits per heavy atom. The summed E-state index contributed by atoms with van der Waals surface area (Å²) in [5, 5.41) is 4.26. The van der Waals surface area contributed by atoms with Gasteiger partial charge < -0.3 is 4.90 Å². The summed E-state index contributed by atoms with van der Waals surface area (Å²) in [6.07, 6.45) is 0. The highest BCUT2D eigenvalue weighted by molar-refractivity contribution is 9.10. The summed E-state index contributed by atoms with van der Waals surface area (Å²) in [5.41, 5.74) is 1.25. The molecule has 102 valence electrons. The zero-order chi connectivity index (χ0) is 14.0. The molecule has 0 aliphatic rings. The number of rotatable bonds is 3. The molecule has 0 aromatic carbocycles. The Hall–Kier alpha value is -0.940. The number of thiophene rings is 1. The van der Waals surface area contributed by atoms with Crippen molar-refractivity contribution in [3.63, 3.8) is 0 Å². The van der Waals surface area contributed by atoms with Gasteiger partial charge in [-0.05, 0) is 38.3 Å². The molecule has 0 saturated heterocycles. The molecule has 2 rings (SSSR count). The van der Waals surface area contributed by atoms with Crippen LogP contribution in [0.4, 0.5) is 5.82 Å². The molecule has 0 fully saturated rings. The van der Waals surface area contributed by atoms with Gasteiger partial charge in [0.25, 0.3) is 0 Å². The van der Waals surface area contributed by atoms with Crippen LogP contribution in [0.5, 0.6) is 0 Å². The van der Waals surface area contributed by atoms with E-state index >= 15 is 0 Å². The van der Waals surface area contributed by atoms with Crippen LogP contribution in [-0.4, -0.2) is 17.0 Å². The van der Waals surface area contributed by atoms with Crippen molar-refractivity contribution in [3.05, 3.63) is 38.9 Å². The second-order valence-corrected chi connectivity index (χ2v) is 7.20. The van der Waals surface area contributed by atoms with E-state index < -0.39 is 0 Å². The fraction of sp³-hybridized carbons (Fsp3) is 0.429. The molecule has 0 radical (unpaired) electrons. The van der Waals surface area contributed by atoms with Crippen LogP contribution in [0, 0.1) is 0 Å². The maximum Gasteiger partial charge on any atom is 0.137 e. The van der Waals surface area contributed by atoms with Crippen LogP contribution >= 0.6 is 27.3 Å². The molecule has 0 aliphatic carbocycles. The zero-order valence-corrected chi connectivity index (χ0v) is 14.0. The van der Waals surface area contributed by atoms with Gasteiger partial charge >= 0.3 is 0 Å². The molecule has 0 unspecified atom stereocenters. The Balaban J connectivity index is 2.26. The van der Waals surface area contributed by atoms with Crippen LogP contribution in [0.25, 0.3) is 0 Å². The molecule has 0 bridgehead atoms. The van der Waals surface area contributed by atoms with Gasteiger partial charge in [-0.2, -0.15) is 11.3 Å². The van der Waals surface area contributed by atoms with E-state index in [-0.39, 0.29) is 5.41 Å². The Labute approximate surface area is 126 Å². The van der Waals surface area contributed by atoms with Crippen LogP contribution in [0.2, 0.25) is 0 Å². The molecule has 0 aliphatic heterocycles. The highest BCUT2D eigenvalue weighted by Crippen LogP contribution is 2.24. The van der Waals surface area contributed by atoms with E-state index in [9.17, 15) is 0 Å². The summed E-state index contributed by atoms with van der Waals surface area (Å²) in [6, 6.07) is 4.10. The lowest BCUT2D eigenvalue weighted by molar-refractivity contribution is 0.542. The lowest BCUT2D eigenvalue weighted by atomic mass is 9.96. The van der Waals surface area contributed by atoms with Crippen molar-refractivity contribution in [1.29, 1.82) is 0 Å².